The van der Waals surface area contributed by atoms with Crippen LogP contribution in [-0.4, -0.2) is 4.98 Å². The van der Waals surface area contributed by atoms with Crippen molar-refractivity contribution in [2.24, 2.45) is 5.73 Å². The second kappa shape index (κ2) is 3.56. The van der Waals surface area contributed by atoms with E-state index in [1.807, 2.05) is 0 Å². The number of aromatic nitrogens is 1. The molecule has 4 N–H and O–H groups in total. The molecule has 0 aliphatic heterocycles. The van der Waals surface area contributed by atoms with Gasteiger partial charge in [0.2, 0.25) is 0 Å². The van der Waals surface area contributed by atoms with Gasteiger partial charge in [0.25, 0.3) is 0 Å². The monoisotopic (exact) mass is 183 g/mol. The normalized spacial score (nSPS) is 12.5. The van der Waals surface area contributed by atoms with Crippen LogP contribution in [0.4, 0.5) is 5.69 Å². The van der Waals surface area contributed by atoms with Gasteiger partial charge in [-0.25, -0.2) is 4.98 Å². The topological polar surface area (TPSA) is 64.9 Å². The van der Waals surface area contributed by atoms with Crippen molar-refractivity contribution in [2.75, 3.05) is 5.73 Å². The summed E-state index contributed by atoms with van der Waals surface area (Å²) in [5.74, 6) is 0. The fraction of sp³-hybridized carbons (Fsp3) is 0.125. The molecule has 1 atom stereocenters. The molecule has 4 heteroatoms. The smallest absolute Gasteiger partial charge is 0.131 e. The van der Waals surface area contributed by atoms with Gasteiger partial charge in [0.05, 0.1) is 6.04 Å². The van der Waals surface area contributed by atoms with Gasteiger partial charge in [-0.15, -0.1) is 6.58 Å². The molecule has 64 valence electrons. The highest BCUT2D eigenvalue weighted by Crippen LogP contribution is 2.20. The zero-order chi connectivity index (χ0) is 9.14. The van der Waals surface area contributed by atoms with Gasteiger partial charge in [0.1, 0.15) is 5.15 Å². The van der Waals surface area contributed by atoms with E-state index in [0.717, 1.165) is 5.56 Å². The molecule has 1 rings (SSSR count). The SMILES string of the molecule is C=C[C@@H](N)c1cnc(Cl)cc1N. The fourth-order valence-corrected chi connectivity index (χ4v) is 1.03. The van der Waals surface area contributed by atoms with Crippen LogP contribution >= 0.6 is 11.6 Å². The van der Waals surface area contributed by atoms with Crippen LogP contribution in [0.3, 0.4) is 0 Å². The van der Waals surface area contributed by atoms with Crippen molar-refractivity contribution in [2.45, 2.75) is 6.04 Å². The maximum absolute atomic E-state index is 5.66. The summed E-state index contributed by atoms with van der Waals surface area (Å²) in [5, 5.41) is 0.368. The number of pyridine rings is 1. The summed E-state index contributed by atoms with van der Waals surface area (Å²) < 4.78 is 0. The Morgan fingerprint density at radius 1 is 1.67 bits per heavy atom. The summed E-state index contributed by atoms with van der Waals surface area (Å²) in [6.07, 6.45) is 3.16. The van der Waals surface area contributed by atoms with Crippen LogP contribution in [0.15, 0.2) is 24.9 Å². The summed E-state index contributed by atoms with van der Waals surface area (Å²) in [5.41, 5.74) is 12.6. The van der Waals surface area contributed by atoms with E-state index in [2.05, 4.69) is 11.6 Å². The number of hydrogen-bond acceptors (Lipinski definition) is 3. The summed E-state index contributed by atoms with van der Waals surface area (Å²) in [4.78, 5) is 3.87. The summed E-state index contributed by atoms with van der Waals surface area (Å²) in [7, 11) is 0. The molecule has 0 aromatic carbocycles. The number of anilines is 1. The number of halogens is 1. The molecule has 0 unspecified atom stereocenters. The minimum Gasteiger partial charge on any atom is -0.398 e. The highest BCUT2D eigenvalue weighted by Gasteiger charge is 2.06. The van der Waals surface area contributed by atoms with E-state index >= 15 is 0 Å². The van der Waals surface area contributed by atoms with E-state index in [1.165, 1.54) is 0 Å². The van der Waals surface area contributed by atoms with Crippen molar-refractivity contribution in [3.8, 4) is 0 Å². The van der Waals surface area contributed by atoms with E-state index in [9.17, 15) is 0 Å². The standard InChI is InChI=1S/C8H10ClN3/c1-2-6(10)5-4-12-8(9)3-7(5)11/h2-4,6H,1,10H2,(H2,11,12)/t6-/m1/s1. The maximum Gasteiger partial charge on any atom is 0.131 e. The predicted octanol–water partition coefficient (Wildman–Crippen LogP) is 1.50. The van der Waals surface area contributed by atoms with Crippen LogP contribution in [0.5, 0.6) is 0 Å². The molecule has 1 heterocycles. The molecule has 0 amide bonds. The second-order valence-corrected chi connectivity index (χ2v) is 2.78. The zero-order valence-electron chi connectivity index (χ0n) is 6.50. The van der Waals surface area contributed by atoms with Crippen molar-refractivity contribution in [1.82, 2.24) is 4.98 Å². The average molecular weight is 184 g/mol. The van der Waals surface area contributed by atoms with Crippen molar-refractivity contribution in [3.05, 3.63) is 35.6 Å². The lowest BCUT2D eigenvalue weighted by Gasteiger charge is -2.08. The Hall–Kier alpha value is -1.06. The highest BCUT2D eigenvalue weighted by molar-refractivity contribution is 6.29. The van der Waals surface area contributed by atoms with Crippen LogP contribution in [0.25, 0.3) is 0 Å². The van der Waals surface area contributed by atoms with E-state index in [1.54, 1.807) is 18.3 Å². The van der Waals surface area contributed by atoms with Crippen molar-refractivity contribution in [1.29, 1.82) is 0 Å². The Bertz CT molecular complexity index is 298. The molecular formula is C8H10ClN3. The van der Waals surface area contributed by atoms with E-state index in [4.69, 9.17) is 23.1 Å². The molecule has 1 aromatic rings. The third-order valence-corrected chi connectivity index (χ3v) is 1.75. The van der Waals surface area contributed by atoms with Gasteiger partial charge in [-0.1, -0.05) is 17.7 Å². The Morgan fingerprint density at radius 2 is 2.33 bits per heavy atom. The summed E-state index contributed by atoms with van der Waals surface area (Å²) in [6, 6.07) is 1.29. The Morgan fingerprint density at radius 3 is 2.83 bits per heavy atom. The van der Waals surface area contributed by atoms with Crippen molar-refractivity contribution in [3.63, 3.8) is 0 Å². The van der Waals surface area contributed by atoms with Gasteiger partial charge in [-0.05, 0) is 6.07 Å². The van der Waals surface area contributed by atoms with Crippen molar-refractivity contribution < 1.29 is 0 Å². The molecular weight excluding hydrogens is 174 g/mol. The first-order valence-electron chi connectivity index (χ1n) is 3.44. The summed E-state index contributed by atoms with van der Waals surface area (Å²) >= 11 is 5.61. The molecule has 0 bridgehead atoms. The van der Waals surface area contributed by atoms with E-state index < -0.39 is 0 Å². The maximum atomic E-state index is 5.66. The molecule has 0 fully saturated rings. The third kappa shape index (κ3) is 1.75. The number of nitrogen functional groups attached to an aromatic ring is 1. The molecule has 0 radical (unpaired) electrons. The largest absolute Gasteiger partial charge is 0.398 e. The first kappa shape index (κ1) is 9.03. The molecule has 0 spiro atoms. The number of hydrogen-bond donors (Lipinski definition) is 2. The summed E-state index contributed by atoms with van der Waals surface area (Å²) in [6.45, 7) is 3.56. The first-order valence-corrected chi connectivity index (χ1v) is 3.82. The van der Waals surface area contributed by atoms with Gasteiger partial charge in [0.15, 0.2) is 0 Å². The minimum atomic E-state index is -0.283. The third-order valence-electron chi connectivity index (χ3n) is 1.55. The van der Waals surface area contributed by atoms with Gasteiger partial charge < -0.3 is 11.5 Å². The van der Waals surface area contributed by atoms with Gasteiger partial charge in [0, 0.05) is 17.4 Å². The molecule has 12 heavy (non-hydrogen) atoms. The molecule has 0 aliphatic carbocycles. The van der Waals surface area contributed by atoms with Gasteiger partial charge >= 0.3 is 0 Å². The fourth-order valence-electron chi connectivity index (χ4n) is 0.860. The highest BCUT2D eigenvalue weighted by atomic mass is 35.5. The van der Waals surface area contributed by atoms with E-state index in [-0.39, 0.29) is 6.04 Å². The Kier molecular flexibility index (Phi) is 2.68. The number of nitrogens with two attached hydrogens (primary N) is 2. The van der Waals surface area contributed by atoms with Crippen LogP contribution in [-0.2, 0) is 0 Å². The second-order valence-electron chi connectivity index (χ2n) is 2.40. The molecule has 3 nitrogen and oxygen atoms in total. The van der Waals surface area contributed by atoms with Gasteiger partial charge in [-0.3, -0.25) is 0 Å². The molecule has 0 saturated heterocycles. The number of rotatable bonds is 2. The molecule has 0 aliphatic rings. The lowest BCUT2D eigenvalue weighted by Crippen LogP contribution is -2.09. The van der Waals surface area contributed by atoms with Crippen LogP contribution in [0, 0.1) is 0 Å². The number of nitrogens with zero attached hydrogens (tertiary/aromatic N) is 1. The zero-order valence-corrected chi connectivity index (χ0v) is 7.25. The van der Waals surface area contributed by atoms with Crippen molar-refractivity contribution >= 4 is 17.3 Å². The Balaban J connectivity index is 3.09. The lowest BCUT2D eigenvalue weighted by atomic mass is 10.1. The minimum absolute atomic E-state index is 0.283. The van der Waals surface area contributed by atoms with E-state index in [0.29, 0.717) is 10.8 Å². The van der Waals surface area contributed by atoms with Gasteiger partial charge in [-0.2, -0.15) is 0 Å². The first-order chi connectivity index (χ1) is 5.65. The molecule has 0 saturated carbocycles. The van der Waals surface area contributed by atoms with Crippen LogP contribution < -0.4 is 11.5 Å². The Labute approximate surface area is 76.0 Å². The molecule has 1 aromatic heterocycles. The van der Waals surface area contributed by atoms with Crippen LogP contribution in [0.1, 0.15) is 11.6 Å². The predicted molar refractivity (Wildman–Crippen MR) is 50.8 cm³/mol. The average Bonchev–Trinajstić information content (AvgIpc) is 2.03. The lowest BCUT2D eigenvalue weighted by molar-refractivity contribution is 0.908. The van der Waals surface area contributed by atoms with Crippen LogP contribution in [0.2, 0.25) is 5.15 Å². The quantitative estimate of drug-likeness (QED) is 0.540.